The molecule has 1 amide bonds. The number of rotatable bonds is 9. The number of benzene rings is 1. The first-order valence-corrected chi connectivity index (χ1v) is 14.5. The molecule has 1 N–H and O–H groups in total. The predicted octanol–water partition coefficient (Wildman–Crippen LogP) is 4.96. The highest BCUT2D eigenvalue weighted by atomic mass is 32.1. The fraction of sp³-hybridized carbons (Fsp3) is 0.500. The van der Waals surface area contributed by atoms with Crippen molar-refractivity contribution >= 4 is 44.1 Å². The van der Waals surface area contributed by atoms with Gasteiger partial charge in [-0.15, -0.1) is 11.3 Å². The van der Waals surface area contributed by atoms with Crippen LogP contribution in [-0.2, 0) is 9.53 Å². The summed E-state index contributed by atoms with van der Waals surface area (Å²) in [5.41, 5.74) is 3.92. The van der Waals surface area contributed by atoms with E-state index in [9.17, 15) is 9.59 Å². The second kappa shape index (κ2) is 10.9. The molecule has 3 aromatic rings. The Balaban J connectivity index is 1.29. The van der Waals surface area contributed by atoms with Crippen molar-refractivity contribution in [1.82, 2.24) is 14.8 Å². The molecule has 1 aromatic carbocycles. The van der Waals surface area contributed by atoms with E-state index in [1.54, 1.807) is 25.3 Å². The average molecular weight is 566 g/mol. The Morgan fingerprint density at radius 3 is 2.45 bits per heavy atom. The Morgan fingerprint density at radius 1 is 1.12 bits per heavy atom. The number of hydrogen-bond acceptors (Lipinski definition) is 9. The number of Topliss-reactive ketones (excluding diaryl/α,β-unsaturated/α-hetero) is 1. The number of nitrogens with zero attached hydrogens (tertiary/aromatic N) is 4. The number of carbonyl (C=O) groups is 2. The van der Waals surface area contributed by atoms with Gasteiger partial charge in [0, 0.05) is 44.2 Å². The van der Waals surface area contributed by atoms with Crippen LogP contribution in [-0.4, -0.2) is 92.2 Å². The lowest BCUT2D eigenvalue weighted by atomic mass is 9.73. The number of fused-ring (bicyclic) bond motifs is 1. The normalized spacial score (nSPS) is 16.4. The molecule has 0 atom stereocenters. The summed E-state index contributed by atoms with van der Waals surface area (Å²) >= 11 is 1.66. The highest BCUT2D eigenvalue weighted by Crippen LogP contribution is 2.46. The van der Waals surface area contributed by atoms with Gasteiger partial charge in [-0.05, 0) is 71.1 Å². The van der Waals surface area contributed by atoms with Crippen molar-refractivity contribution < 1.29 is 19.1 Å². The van der Waals surface area contributed by atoms with Gasteiger partial charge >= 0.3 is 6.09 Å². The Hall–Kier alpha value is -3.37. The van der Waals surface area contributed by atoms with Gasteiger partial charge in [0.25, 0.3) is 0 Å². The molecule has 0 saturated carbocycles. The number of anilines is 2. The topological polar surface area (TPSA) is 87.2 Å². The molecule has 40 heavy (non-hydrogen) atoms. The summed E-state index contributed by atoms with van der Waals surface area (Å²) in [5, 5.41) is 4.20. The van der Waals surface area contributed by atoms with Crippen LogP contribution in [0.25, 0.3) is 21.5 Å². The Morgan fingerprint density at radius 2 is 1.82 bits per heavy atom. The van der Waals surface area contributed by atoms with Crippen LogP contribution in [0.4, 0.5) is 15.5 Å². The number of ketones is 1. The second-order valence-corrected chi connectivity index (χ2v) is 13.3. The summed E-state index contributed by atoms with van der Waals surface area (Å²) in [6.07, 6.45) is -0.366. The molecule has 5 rings (SSSR count). The lowest BCUT2D eigenvalue weighted by Crippen LogP contribution is -2.71. The smallest absolute Gasteiger partial charge is 0.410 e. The van der Waals surface area contributed by atoms with Crippen LogP contribution in [0.15, 0.2) is 36.4 Å². The molecule has 2 aromatic heterocycles. The van der Waals surface area contributed by atoms with Gasteiger partial charge in [-0.3, -0.25) is 4.79 Å². The van der Waals surface area contributed by atoms with Crippen LogP contribution in [0.2, 0.25) is 0 Å². The van der Waals surface area contributed by atoms with Crippen LogP contribution in [0.3, 0.4) is 0 Å². The van der Waals surface area contributed by atoms with Crippen LogP contribution in [0, 0.1) is 5.41 Å². The fourth-order valence-electron chi connectivity index (χ4n) is 5.37. The molecule has 9 nitrogen and oxygen atoms in total. The number of amides is 1. The van der Waals surface area contributed by atoms with Gasteiger partial charge in [-0.2, -0.15) is 0 Å². The number of likely N-dealkylation sites (N-methyl/N-ethyl adjacent to an activating group) is 1. The molecular weight excluding hydrogens is 526 g/mol. The monoisotopic (exact) mass is 565 g/mol. The van der Waals surface area contributed by atoms with E-state index in [2.05, 4.69) is 28.2 Å². The number of hydrogen-bond donors (Lipinski definition) is 1. The molecule has 2 aliphatic heterocycles. The summed E-state index contributed by atoms with van der Waals surface area (Å²) in [6, 6.07) is 12.1. The SMILES string of the molecule is CC(=O)CNc1cc2nc(-c3ccc(OCCN(C)C(=O)OC(C)(C)C)cc3)cc(N3CC4(CN(C)C4)C3)c2s1. The number of nitrogens with one attached hydrogen (secondary N) is 1. The van der Waals surface area contributed by atoms with Gasteiger partial charge in [-0.25, -0.2) is 9.78 Å². The number of aromatic nitrogens is 1. The lowest BCUT2D eigenvalue weighted by molar-refractivity contribution is -0.115. The van der Waals surface area contributed by atoms with Crippen molar-refractivity contribution in [3.05, 3.63) is 36.4 Å². The van der Waals surface area contributed by atoms with Crippen molar-refractivity contribution in [3.8, 4) is 17.0 Å². The molecular formula is C30H39N5O4S. The summed E-state index contributed by atoms with van der Waals surface area (Å²) in [5.74, 6) is 0.830. The van der Waals surface area contributed by atoms with Gasteiger partial charge in [-0.1, -0.05) is 0 Å². The van der Waals surface area contributed by atoms with Crippen molar-refractivity contribution in [2.75, 3.05) is 70.2 Å². The van der Waals surface area contributed by atoms with E-state index >= 15 is 0 Å². The van der Waals surface area contributed by atoms with Crippen molar-refractivity contribution in [3.63, 3.8) is 0 Å². The third-order valence-electron chi connectivity index (χ3n) is 7.13. The van der Waals surface area contributed by atoms with Gasteiger partial charge in [0.2, 0.25) is 0 Å². The first-order valence-electron chi connectivity index (χ1n) is 13.7. The van der Waals surface area contributed by atoms with E-state index in [1.807, 2.05) is 51.1 Å². The first-order chi connectivity index (χ1) is 18.9. The number of ether oxygens (including phenoxy) is 2. The quantitative estimate of drug-likeness (QED) is 0.390. The van der Waals surface area contributed by atoms with Gasteiger partial charge in [0.05, 0.1) is 39.7 Å². The zero-order valence-corrected chi connectivity index (χ0v) is 25.1. The number of carbonyl (C=O) groups excluding carboxylic acids is 2. The van der Waals surface area contributed by atoms with Crippen molar-refractivity contribution in [2.45, 2.75) is 33.3 Å². The number of pyridine rings is 1. The first kappa shape index (κ1) is 28.2. The Labute approximate surface area is 240 Å². The Bertz CT molecular complexity index is 1380. The largest absolute Gasteiger partial charge is 0.492 e. The zero-order valence-electron chi connectivity index (χ0n) is 24.2. The Kier molecular flexibility index (Phi) is 7.67. The van der Waals surface area contributed by atoms with E-state index in [-0.39, 0.29) is 11.9 Å². The predicted molar refractivity (Wildman–Crippen MR) is 161 cm³/mol. The van der Waals surface area contributed by atoms with Crippen LogP contribution >= 0.6 is 11.3 Å². The molecule has 2 fully saturated rings. The second-order valence-electron chi connectivity index (χ2n) is 12.2. The average Bonchev–Trinajstić information content (AvgIpc) is 3.26. The van der Waals surface area contributed by atoms with Crippen LogP contribution in [0.1, 0.15) is 27.7 Å². The van der Waals surface area contributed by atoms with Gasteiger partial charge in [0.1, 0.15) is 23.7 Å². The van der Waals surface area contributed by atoms with Crippen molar-refractivity contribution in [2.24, 2.45) is 5.41 Å². The van der Waals surface area contributed by atoms with E-state index < -0.39 is 5.60 Å². The highest BCUT2D eigenvalue weighted by Gasteiger charge is 2.50. The van der Waals surface area contributed by atoms with E-state index in [1.165, 1.54) is 10.6 Å². The van der Waals surface area contributed by atoms with Crippen LogP contribution < -0.4 is 15.0 Å². The minimum atomic E-state index is -0.528. The molecule has 0 bridgehead atoms. The minimum Gasteiger partial charge on any atom is -0.492 e. The molecule has 2 saturated heterocycles. The van der Waals surface area contributed by atoms with Gasteiger partial charge in [0.15, 0.2) is 0 Å². The number of thiophene rings is 1. The molecule has 2 aliphatic rings. The summed E-state index contributed by atoms with van der Waals surface area (Å²) in [6.45, 7) is 12.6. The van der Waals surface area contributed by atoms with Gasteiger partial charge < -0.3 is 29.5 Å². The molecule has 4 heterocycles. The van der Waals surface area contributed by atoms with E-state index in [0.29, 0.717) is 25.1 Å². The molecule has 0 aliphatic carbocycles. The highest BCUT2D eigenvalue weighted by molar-refractivity contribution is 7.23. The molecule has 214 valence electrons. The summed E-state index contributed by atoms with van der Waals surface area (Å²) in [4.78, 5) is 35.0. The lowest BCUT2D eigenvalue weighted by Gasteiger charge is -2.60. The standard InChI is InChI=1S/C30H39N5O4S/c1-20(36)15-31-26-14-24-27(40-26)25(35-18-30(19-35)16-33(5)17-30)13-23(32-24)21-7-9-22(10-8-21)38-12-11-34(6)28(37)39-29(2,3)4/h7-10,13-14,31H,11-12,15-19H2,1-6H3. The molecule has 10 heteroatoms. The minimum absolute atomic E-state index is 0.101. The number of likely N-dealkylation sites (tertiary alicyclic amines) is 1. The van der Waals surface area contributed by atoms with E-state index in [4.69, 9.17) is 14.5 Å². The van der Waals surface area contributed by atoms with Crippen LogP contribution in [0.5, 0.6) is 5.75 Å². The van der Waals surface area contributed by atoms with Crippen molar-refractivity contribution in [1.29, 1.82) is 0 Å². The fourth-order valence-corrected chi connectivity index (χ4v) is 6.41. The summed E-state index contributed by atoms with van der Waals surface area (Å²) in [7, 11) is 3.88. The molecule has 1 spiro atoms. The maximum Gasteiger partial charge on any atom is 0.410 e. The molecule has 0 unspecified atom stereocenters. The molecule has 0 radical (unpaired) electrons. The third kappa shape index (κ3) is 6.33. The maximum atomic E-state index is 12.2. The maximum absolute atomic E-state index is 12.2. The summed E-state index contributed by atoms with van der Waals surface area (Å²) < 4.78 is 12.4. The zero-order chi connectivity index (χ0) is 28.7. The van der Waals surface area contributed by atoms with E-state index in [0.717, 1.165) is 58.4 Å². The third-order valence-corrected chi connectivity index (χ3v) is 8.23.